The first-order valence-corrected chi connectivity index (χ1v) is 9.55. The number of hydrogen-bond donors (Lipinski definition) is 0. The molecule has 0 aliphatic carbocycles. The van der Waals surface area contributed by atoms with E-state index in [0.717, 1.165) is 25.7 Å². The Morgan fingerprint density at radius 3 is 1.12 bits per heavy atom. The maximum absolute atomic E-state index is 12.4. The smallest absolute Gasteiger partial charge is 0.317 e. The zero-order valence-electron chi connectivity index (χ0n) is 18.2. The molecule has 0 aromatic rings. The molecule has 0 spiro atoms. The van der Waals surface area contributed by atoms with Crippen molar-refractivity contribution in [2.24, 2.45) is 10.8 Å². The average molecular weight is 357 g/mol. The van der Waals surface area contributed by atoms with Crippen molar-refractivity contribution < 1.29 is 19.1 Å². The number of ether oxygens (including phenoxy) is 2. The first-order valence-electron chi connectivity index (χ1n) is 9.55. The lowest BCUT2D eigenvalue weighted by Gasteiger charge is -2.42. The first kappa shape index (κ1) is 23.9. The zero-order chi connectivity index (χ0) is 20.1. The Balaban J connectivity index is 5.03. The van der Waals surface area contributed by atoms with Gasteiger partial charge in [-0.05, 0) is 26.7 Å². The van der Waals surface area contributed by atoms with Crippen LogP contribution in [0.5, 0.6) is 0 Å². The summed E-state index contributed by atoms with van der Waals surface area (Å²) in [7, 11) is 0. The van der Waals surface area contributed by atoms with Gasteiger partial charge in [0, 0.05) is 10.8 Å². The lowest BCUT2D eigenvalue weighted by Crippen LogP contribution is -2.46. The van der Waals surface area contributed by atoms with E-state index in [2.05, 4.69) is 13.8 Å². The van der Waals surface area contributed by atoms with E-state index in [4.69, 9.17) is 9.47 Å². The Labute approximate surface area is 155 Å². The lowest BCUT2D eigenvalue weighted by molar-refractivity contribution is -0.183. The highest BCUT2D eigenvalue weighted by molar-refractivity contribution is 5.91. The summed E-state index contributed by atoms with van der Waals surface area (Å²) in [4.78, 5) is 24.7. The third kappa shape index (κ3) is 6.63. The molecule has 0 rings (SSSR count). The van der Waals surface area contributed by atoms with E-state index < -0.39 is 23.1 Å². The number of carbonyl (C=O) groups excluding carboxylic acids is 2. The van der Waals surface area contributed by atoms with E-state index in [-0.39, 0.29) is 17.3 Å². The Hall–Kier alpha value is -1.06. The standard InChI is InChI=1S/C21H40O4/c1-11-13-20(9,18(3,4)5)24-16(22)15-17(23)25-21(10,14-12-2)19(6,7)8/h11-15H2,1-10H3. The van der Waals surface area contributed by atoms with Crippen LogP contribution >= 0.6 is 0 Å². The predicted octanol–water partition coefficient (Wildman–Crippen LogP) is 5.67. The van der Waals surface area contributed by atoms with E-state index >= 15 is 0 Å². The van der Waals surface area contributed by atoms with Gasteiger partial charge in [-0.3, -0.25) is 9.59 Å². The number of esters is 2. The predicted molar refractivity (Wildman–Crippen MR) is 102 cm³/mol. The van der Waals surface area contributed by atoms with Crippen LogP contribution in [0.4, 0.5) is 0 Å². The van der Waals surface area contributed by atoms with Crippen molar-refractivity contribution in [2.45, 2.75) is 113 Å². The van der Waals surface area contributed by atoms with Crippen molar-refractivity contribution >= 4 is 11.9 Å². The average Bonchev–Trinajstić information content (AvgIpc) is 2.35. The normalized spacial score (nSPS) is 17.4. The number of hydrogen-bond acceptors (Lipinski definition) is 4. The Morgan fingerprint density at radius 1 is 0.640 bits per heavy atom. The summed E-state index contributed by atoms with van der Waals surface area (Å²) in [6, 6.07) is 0. The number of carbonyl (C=O) groups is 2. The fourth-order valence-electron chi connectivity index (χ4n) is 2.80. The van der Waals surface area contributed by atoms with Crippen LogP contribution in [0.15, 0.2) is 0 Å². The summed E-state index contributed by atoms with van der Waals surface area (Å²) in [5.41, 5.74) is -1.61. The molecule has 0 aliphatic heterocycles. The molecule has 0 heterocycles. The molecular formula is C21H40O4. The molecule has 2 atom stereocenters. The molecule has 0 saturated heterocycles. The molecular weight excluding hydrogens is 316 g/mol. The van der Waals surface area contributed by atoms with Crippen molar-refractivity contribution in [3.63, 3.8) is 0 Å². The molecule has 0 aromatic heterocycles. The van der Waals surface area contributed by atoms with Crippen LogP contribution in [0, 0.1) is 10.8 Å². The number of rotatable bonds is 8. The van der Waals surface area contributed by atoms with Gasteiger partial charge < -0.3 is 9.47 Å². The fraction of sp³-hybridized carbons (Fsp3) is 0.905. The van der Waals surface area contributed by atoms with Crippen LogP contribution in [0.2, 0.25) is 0 Å². The third-order valence-electron chi connectivity index (χ3n) is 5.59. The van der Waals surface area contributed by atoms with Crippen LogP contribution in [-0.4, -0.2) is 23.1 Å². The van der Waals surface area contributed by atoms with Crippen molar-refractivity contribution in [1.82, 2.24) is 0 Å². The summed E-state index contributed by atoms with van der Waals surface area (Å²) in [6.45, 7) is 20.3. The van der Waals surface area contributed by atoms with Gasteiger partial charge in [0.15, 0.2) is 0 Å². The molecule has 0 N–H and O–H groups in total. The summed E-state index contributed by atoms with van der Waals surface area (Å²) in [5.74, 6) is -1.02. The van der Waals surface area contributed by atoms with Crippen molar-refractivity contribution in [3.8, 4) is 0 Å². The molecule has 25 heavy (non-hydrogen) atoms. The highest BCUT2D eigenvalue weighted by atomic mass is 16.6. The second kappa shape index (κ2) is 8.55. The molecule has 4 heteroatoms. The largest absolute Gasteiger partial charge is 0.458 e. The molecule has 4 nitrogen and oxygen atoms in total. The van der Waals surface area contributed by atoms with Gasteiger partial charge in [0.1, 0.15) is 17.6 Å². The summed E-state index contributed by atoms with van der Waals surface area (Å²) in [6.07, 6.45) is 2.98. The third-order valence-corrected chi connectivity index (χ3v) is 5.59. The quantitative estimate of drug-likeness (QED) is 0.415. The van der Waals surface area contributed by atoms with Gasteiger partial charge in [0.05, 0.1) is 0 Å². The SMILES string of the molecule is CCCC(C)(OC(=O)CC(=O)OC(C)(CCC)C(C)(C)C)C(C)(C)C. The van der Waals surface area contributed by atoms with Gasteiger partial charge in [-0.25, -0.2) is 0 Å². The summed E-state index contributed by atoms with van der Waals surface area (Å²) < 4.78 is 11.5. The molecule has 0 saturated carbocycles. The van der Waals surface area contributed by atoms with Crippen LogP contribution in [0.3, 0.4) is 0 Å². The minimum absolute atomic E-state index is 0.204. The second-order valence-corrected chi connectivity index (χ2v) is 9.59. The van der Waals surface area contributed by atoms with Crippen LogP contribution < -0.4 is 0 Å². The van der Waals surface area contributed by atoms with Gasteiger partial charge in [0.25, 0.3) is 0 Å². The van der Waals surface area contributed by atoms with Gasteiger partial charge in [-0.2, -0.15) is 0 Å². The van der Waals surface area contributed by atoms with E-state index in [1.54, 1.807) is 0 Å². The van der Waals surface area contributed by atoms with Crippen LogP contribution in [0.25, 0.3) is 0 Å². The maximum atomic E-state index is 12.4. The lowest BCUT2D eigenvalue weighted by atomic mass is 9.75. The summed E-state index contributed by atoms with van der Waals surface area (Å²) in [5, 5.41) is 0. The van der Waals surface area contributed by atoms with Crippen molar-refractivity contribution in [1.29, 1.82) is 0 Å². The van der Waals surface area contributed by atoms with E-state index in [1.807, 2.05) is 55.4 Å². The summed E-state index contributed by atoms with van der Waals surface area (Å²) >= 11 is 0. The molecule has 0 fully saturated rings. The molecule has 0 radical (unpaired) electrons. The highest BCUT2D eigenvalue weighted by Gasteiger charge is 2.43. The van der Waals surface area contributed by atoms with E-state index in [0.29, 0.717) is 0 Å². The minimum atomic E-state index is -0.601. The first-order chi connectivity index (χ1) is 11.1. The molecule has 0 aromatic carbocycles. The Kier molecular flexibility index (Phi) is 8.19. The van der Waals surface area contributed by atoms with Crippen LogP contribution in [-0.2, 0) is 19.1 Å². The van der Waals surface area contributed by atoms with Gasteiger partial charge in [-0.15, -0.1) is 0 Å². The zero-order valence-corrected chi connectivity index (χ0v) is 18.2. The van der Waals surface area contributed by atoms with Gasteiger partial charge in [-0.1, -0.05) is 68.2 Å². The second-order valence-electron chi connectivity index (χ2n) is 9.59. The Morgan fingerprint density at radius 2 is 0.920 bits per heavy atom. The highest BCUT2D eigenvalue weighted by Crippen LogP contribution is 2.39. The topological polar surface area (TPSA) is 52.6 Å². The van der Waals surface area contributed by atoms with E-state index in [1.165, 1.54) is 0 Å². The maximum Gasteiger partial charge on any atom is 0.317 e. The van der Waals surface area contributed by atoms with Gasteiger partial charge in [0.2, 0.25) is 0 Å². The van der Waals surface area contributed by atoms with E-state index in [9.17, 15) is 9.59 Å². The molecule has 0 amide bonds. The molecule has 0 aliphatic rings. The minimum Gasteiger partial charge on any atom is -0.458 e. The fourth-order valence-corrected chi connectivity index (χ4v) is 2.80. The Bertz CT molecular complexity index is 413. The van der Waals surface area contributed by atoms with Gasteiger partial charge >= 0.3 is 11.9 Å². The van der Waals surface area contributed by atoms with Crippen molar-refractivity contribution in [2.75, 3.05) is 0 Å². The van der Waals surface area contributed by atoms with Crippen LogP contribution in [0.1, 0.15) is 101 Å². The van der Waals surface area contributed by atoms with Crippen molar-refractivity contribution in [3.05, 3.63) is 0 Å². The molecule has 0 bridgehead atoms. The molecule has 148 valence electrons. The monoisotopic (exact) mass is 356 g/mol. The molecule has 2 unspecified atom stereocenters.